The van der Waals surface area contributed by atoms with Crippen molar-refractivity contribution in [2.75, 3.05) is 38.3 Å². The second kappa shape index (κ2) is 9.34. The summed E-state index contributed by atoms with van der Waals surface area (Å²) < 4.78 is 10.7. The second-order valence-corrected chi connectivity index (χ2v) is 6.24. The molecule has 2 aromatic rings. The number of nitrogens with zero attached hydrogens (tertiary/aromatic N) is 3. The molecule has 0 bridgehead atoms. The first-order valence-electron chi connectivity index (χ1n) is 8.82. The van der Waals surface area contributed by atoms with Crippen LogP contribution in [-0.4, -0.2) is 49.7 Å². The van der Waals surface area contributed by atoms with Crippen LogP contribution < -0.4 is 15.0 Å². The highest BCUT2D eigenvalue weighted by Gasteiger charge is 2.20. The van der Waals surface area contributed by atoms with Crippen LogP contribution in [-0.2, 0) is 11.3 Å². The number of benzene rings is 1. The fourth-order valence-electron chi connectivity index (χ4n) is 3.06. The average molecular weight is 342 g/mol. The highest BCUT2D eigenvalue weighted by molar-refractivity contribution is 5.37. The summed E-state index contributed by atoms with van der Waals surface area (Å²) in [4.78, 5) is 2.30. The Bertz CT molecular complexity index is 638. The van der Waals surface area contributed by atoms with Gasteiger partial charge < -0.3 is 19.7 Å². The smallest absolute Gasteiger partial charge is 0.151 e. The summed E-state index contributed by atoms with van der Waals surface area (Å²) in [5.41, 5.74) is 1.23. The molecule has 1 fully saturated rings. The zero-order chi connectivity index (χ0) is 17.3. The topological polar surface area (TPSA) is 59.5 Å². The SMILES string of the molecule is COCCOc1cccc(CN[C@H]2CCCN(c3cccnn3)C2)c1. The van der Waals surface area contributed by atoms with Crippen molar-refractivity contribution in [1.82, 2.24) is 15.5 Å². The summed E-state index contributed by atoms with van der Waals surface area (Å²) in [6.45, 7) is 4.01. The Labute approximate surface area is 149 Å². The first-order valence-corrected chi connectivity index (χ1v) is 8.82. The lowest BCUT2D eigenvalue weighted by Crippen LogP contribution is -2.45. The van der Waals surface area contributed by atoms with Crippen LogP contribution in [0.4, 0.5) is 5.82 Å². The zero-order valence-electron chi connectivity index (χ0n) is 14.7. The highest BCUT2D eigenvalue weighted by Crippen LogP contribution is 2.18. The van der Waals surface area contributed by atoms with Gasteiger partial charge in [-0.05, 0) is 42.7 Å². The molecule has 0 aliphatic carbocycles. The second-order valence-electron chi connectivity index (χ2n) is 6.24. The predicted octanol–water partition coefficient (Wildman–Crippen LogP) is 2.26. The molecule has 25 heavy (non-hydrogen) atoms. The van der Waals surface area contributed by atoms with Crippen LogP contribution in [0.2, 0.25) is 0 Å². The van der Waals surface area contributed by atoms with Crippen molar-refractivity contribution in [2.24, 2.45) is 0 Å². The number of hydrogen-bond acceptors (Lipinski definition) is 6. The summed E-state index contributed by atoms with van der Waals surface area (Å²) in [7, 11) is 1.68. The molecule has 0 spiro atoms. The maximum Gasteiger partial charge on any atom is 0.151 e. The van der Waals surface area contributed by atoms with E-state index < -0.39 is 0 Å². The van der Waals surface area contributed by atoms with Crippen LogP contribution in [0.1, 0.15) is 18.4 Å². The van der Waals surface area contributed by atoms with Gasteiger partial charge in [0.15, 0.2) is 5.82 Å². The van der Waals surface area contributed by atoms with E-state index in [1.165, 1.54) is 12.0 Å². The lowest BCUT2D eigenvalue weighted by Gasteiger charge is -2.33. The summed E-state index contributed by atoms with van der Waals surface area (Å²) in [6.07, 6.45) is 4.06. The van der Waals surface area contributed by atoms with E-state index in [1.54, 1.807) is 13.3 Å². The van der Waals surface area contributed by atoms with E-state index in [9.17, 15) is 0 Å². The molecule has 1 aliphatic rings. The van der Waals surface area contributed by atoms with Gasteiger partial charge in [0, 0.05) is 39.0 Å². The number of anilines is 1. The molecule has 3 rings (SSSR count). The van der Waals surface area contributed by atoms with E-state index in [2.05, 4.69) is 32.5 Å². The minimum Gasteiger partial charge on any atom is -0.491 e. The van der Waals surface area contributed by atoms with E-state index in [0.29, 0.717) is 19.3 Å². The van der Waals surface area contributed by atoms with E-state index in [1.807, 2.05) is 24.3 Å². The molecule has 1 N–H and O–H groups in total. The first kappa shape index (κ1) is 17.6. The summed E-state index contributed by atoms with van der Waals surface area (Å²) in [5, 5.41) is 11.9. The minimum atomic E-state index is 0.453. The van der Waals surface area contributed by atoms with Crippen molar-refractivity contribution in [3.63, 3.8) is 0 Å². The molecule has 0 saturated carbocycles. The predicted molar refractivity (Wildman–Crippen MR) is 97.9 cm³/mol. The van der Waals surface area contributed by atoms with Gasteiger partial charge in [-0.3, -0.25) is 0 Å². The average Bonchev–Trinajstić information content (AvgIpc) is 2.68. The van der Waals surface area contributed by atoms with Crippen molar-refractivity contribution in [3.05, 3.63) is 48.2 Å². The molecule has 1 aromatic heterocycles. The summed E-state index contributed by atoms with van der Waals surface area (Å²) in [6, 6.07) is 12.6. The Morgan fingerprint density at radius 1 is 1.24 bits per heavy atom. The summed E-state index contributed by atoms with van der Waals surface area (Å²) >= 11 is 0. The van der Waals surface area contributed by atoms with Gasteiger partial charge in [0.05, 0.1) is 6.61 Å². The molecule has 6 heteroatoms. The highest BCUT2D eigenvalue weighted by atomic mass is 16.5. The van der Waals surface area contributed by atoms with Crippen LogP contribution >= 0.6 is 0 Å². The molecule has 1 aliphatic heterocycles. The third-order valence-corrected chi connectivity index (χ3v) is 4.35. The number of hydrogen-bond donors (Lipinski definition) is 1. The van der Waals surface area contributed by atoms with Crippen LogP contribution in [0, 0.1) is 0 Å². The lowest BCUT2D eigenvalue weighted by molar-refractivity contribution is 0.146. The van der Waals surface area contributed by atoms with Gasteiger partial charge >= 0.3 is 0 Å². The van der Waals surface area contributed by atoms with Crippen LogP contribution in [0.25, 0.3) is 0 Å². The van der Waals surface area contributed by atoms with Gasteiger partial charge in [0.25, 0.3) is 0 Å². The lowest BCUT2D eigenvalue weighted by atomic mass is 10.1. The molecule has 0 unspecified atom stereocenters. The number of ether oxygens (including phenoxy) is 2. The van der Waals surface area contributed by atoms with E-state index >= 15 is 0 Å². The molecule has 1 atom stereocenters. The van der Waals surface area contributed by atoms with Crippen molar-refractivity contribution in [1.29, 1.82) is 0 Å². The number of nitrogens with one attached hydrogen (secondary N) is 1. The minimum absolute atomic E-state index is 0.453. The number of methoxy groups -OCH3 is 1. The molecule has 0 radical (unpaired) electrons. The zero-order valence-corrected chi connectivity index (χ0v) is 14.7. The Kier molecular flexibility index (Phi) is 6.59. The van der Waals surface area contributed by atoms with Gasteiger partial charge in [0.1, 0.15) is 12.4 Å². The molecule has 134 valence electrons. The maximum atomic E-state index is 5.68. The Balaban J connectivity index is 1.50. The fourth-order valence-corrected chi connectivity index (χ4v) is 3.06. The molecule has 2 heterocycles. The molecular weight excluding hydrogens is 316 g/mol. The number of piperidine rings is 1. The Morgan fingerprint density at radius 3 is 3.04 bits per heavy atom. The van der Waals surface area contributed by atoms with Crippen LogP contribution in [0.5, 0.6) is 5.75 Å². The van der Waals surface area contributed by atoms with Crippen LogP contribution in [0.15, 0.2) is 42.6 Å². The fraction of sp³-hybridized carbons (Fsp3) is 0.474. The Hall–Kier alpha value is -2.18. The third kappa shape index (κ3) is 5.41. The monoisotopic (exact) mass is 342 g/mol. The van der Waals surface area contributed by atoms with E-state index in [4.69, 9.17) is 9.47 Å². The van der Waals surface area contributed by atoms with Crippen molar-refractivity contribution in [3.8, 4) is 5.75 Å². The normalized spacial score (nSPS) is 17.5. The van der Waals surface area contributed by atoms with E-state index in [0.717, 1.165) is 37.6 Å². The largest absolute Gasteiger partial charge is 0.491 e. The van der Waals surface area contributed by atoms with Gasteiger partial charge in [-0.15, -0.1) is 5.10 Å². The standard InChI is InChI=1S/C19H26N4O2/c1-24-11-12-25-18-7-2-5-16(13-18)14-20-17-6-4-10-23(15-17)19-8-3-9-21-22-19/h2-3,5,7-9,13,17,20H,4,6,10-12,14-15H2,1H3/t17-/m0/s1. The van der Waals surface area contributed by atoms with Gasteiger partial charge in [-0.2, -0.15) is 5.10 Å². The van der Waals surface area contributed by atoms with Crippen molar-refractivity contribution < 1.29 is 9.47 Å². The molecule has 1 saturated heterocycles. The van der Waals surface area contributed by atoms with Gasteiger partial charge in [-0.1, -0.05) is 12.1 Å². The van der Waals surface area contributed by atoms with E-state index in [-0.39, 0.29) is 0 Å². The third-order valence-electron chi connectivity index (χ3n) is 4.35. The number of aromatic nitrogens is 2. The first-order chi connectivity index (χ1) is 12.3. The molecule has 6 nitrogen and oxygen atoms in total. The Morgan fingerprint density at radius 2 is 2.20 bits per heavy atom. The molecule has 1 aromatic carbocycles. The maximum absolute atomic E-state index is 5.68. The quantitative estimate of drug-likeness (QED) is 0.743. The van der Waals surface area contributed by atoms with Crippen molar-refractivity contribution in [2.45, 2.75) is 25.4 Å². The van der Waals surface area contributed by atoms with Gasteiger partial charge in [-0.25, -0.2) is 0 Å². The summed E-state index contributed by atoms with van der Waals surface area (Å²) in [5.74, 6) is 1.85. The van der Waals surface area contributed by atoms with Crippen molar-refractivity contribution >= 4 is 5.82 Å². The van der Waals surface area contributed by atoms with Gasteiger partial charge in [0.2, 0.25) is 0 Å². The van der Waals surface area contributed by atoms with Crippen LogP contribution in [0.3, 0.4) is 0 Å². The molecule has 0 amide bonds. The number of rotatable bonds is 8. The molecular formula is C19H26N4O2.